The molecule has 0 unspecified atom stereocenters. The van der Waals surface area contributed by atoms with Crippen LogP contribution in [0, 0.1) is 0 Å². The number of para-hydroxylation sites is 1. The molecule has 1 amide bonds. The SMILES string of the molecule is COc1ccc(OC)c(C(=O)N2CCN(c3ccccc3)CC2)c1.COc1ccc(OC)c(C(=O)O)c1. The second-order valence-electron chi connectivity index (χ2n) is 8.05. The number of carbonyl (C=O) groups is 2. The quantitative estimate of drug-likeness (QED) is 0.510. The summed E-state index contributed by atoms with van der Waals surface area (Å²) in [6.07, 6.45) is 0. The van der Waals surface area contributed by atoms with Crippen LogP contribution in [0.5, 0.6) is 23.0 Å². The third-order valence-electron chi connectivity index (χ3n) is 5.96. The fourth-order valence-electron chi connectivity index (χ4n) is 3.94. The normalized spacial score (nSPS) is 12.6. The molecule has 1 fully saturated rings. The van der Waals surface area contributed by atoms with Crippen LogP contribution >= 0.6 is 0 Å². The van der Waals surface area contributed by atoms with Crippen LogP contribution in [0.25, 0.3) is 0 Å². The number of hydrogen-bond acceptors (Lipinski definition) is 7. The summed E-state index contributed by atoms with van der Waals surface area (Å²) >= 11 is 0. The van der Waals surface area contributed by atoms with Crippen LogP contribution in [0.3, 0.4) is 0 Å². The van der Waals surface area contributed by atoms with Crippen molar-refractivity contribution < 1.29 is 33.6 Å². The topological polar surface area (TPSA) is 97.8 Å². The van der Waals surface area contributed by atoms with Gasteiger partial charge < -0.3 is 33.9 Å². The molecule has 0 bridgehead atoms. The van der Waals surface area contributed by atoms with Gasteiger partial charge in [-0.05, 0) is 48.5 Å². The van der Waals surface area contributed by atoms with E-state index in [1.807, 2.05) is 23.1 Å². The van der Waals surface area contributed by atoms with Crippen LogP contribution in [0.4, 0.5) is 5.69 Å². The lowest BCUT2D eigenvalue weighted by Gasteiger charge is -2.36. The van der Waals surface area contributed by atoms with E-state index in [1.54, 1.807) is 44.6 Å². The lowest BCUT2D eigenvalue weighted by molar-refractivity contribution is 0.0691. The molecule has 1 heterocycles. The van der Waals surface area contributed by atoms with Crippen molar-refractivity contribution >= 4 is 17.6 Å². The molecule has 0 saturated carbocycles. The van der Waals surface area contributed by atoms with Crippen LogP contribution in [0.1, 0.15) is 20.7 Å². The summed E-state index contributed by atoms with van der Waals surface area (Å²) in [6, 6.07) is 20.2. The van der Waals surface area contributed by atoms with E-state index in [4.69, 9.17) is 24.1 Å². The first-order valence-corrected chi connectivity index (χ1v) is 11.7. The van der Waals surface area contributed by atoms with Crippen LogP contribution in [-0.2, 0) is 0 Å². The number of aromatic carboxylic acids is 1. The standard InChI is InChI=1S/C19H22N2O3.C9H10O4/c1-23-16-8-9-18(24-2)17(14-16)19(22)21-12-10-20(11-13-21)15-6-4-3-5-7-15;1-12-6-3-4-8(13-2)7(5-6)9(10)11/h3-9,14H,10-13H2,1-2H3;3-5H,1-2H3,(H,10,11). The molecule has 9 heteroatoms. The molecular formula is C28H32N2O7. The Balaban J connectivity index is 0.000000248. The number of anilines is 1. The van der Waals surface area contributed by atoms with Gasteiger partial charge in [0, 0.05) is 31.9 Å². The van der Waals surface area contributed by atoms with Crippen molar-refractivity contribution in [1.29, 1.82) is 0 Å². The Bertz CT molecular complexity index is 1190. The Hall–Kier alpha value is -4.40. The molecule has 3 aromatic rings. The average molecular weight is 509 g/mol. The molecule has 0 radical (unpaired) electrons. The predicted molar refractivity (Wildman–Crippen MR) is 141 cm³/mol. The minimum absolute atomic E-state index is 0.0153. The van der Waals surface area contributed by atoms with Gasteiger partial charge in [0.15, 0.2) is 0 Å². The van der Waals surface area contributed by atoms with Crippen molar-refractivity contribution in [3.63, 3.8) is 0 Å². The van der Waals surface area contributed by atoms with Gasteiger partial charge >= 0.3 is 5.97 Å². The average Bonchev–Trinajstić information content (AvgIpc) is 2.96. The van der Waals surface area contributed by atoms with E-state index in [2.05, 4.69) is 17.0 Å². The minimum Gasteiger partial charge on any atom is -0.497 e. The van der Waals surface area contributed by atoms with Crippen LogP contribution in [0.2, 0.25) is 0 Å². The van der Waals surface area contributed by atoms with Crippen molar-refractivity contribution in [2.45, 2.75) is 0 Å². The maximum absolute atomic E-state index is 12.9. The van der Waals surface area contributed by atoms with Crippen molar-refractivity contribution in [1.82, 2.24) is 4.90 Å². The highest BCUT2D eigenvalue weighted by Crippen LogP contribution is 2.26. The Morgan fingerprint density at radius 3 is 1.68 bits per heavy atom. The van der Waals surface area contributed by atoms with Crippen molar-refractivity contribution in [2.24, 2.45) is 0 Å². The van der Waals surface area contributed by atoms with Crippen LogP contribution in [-0.4, -0.2) is 76.5 Å². The summed E-state index contributed by atoms with van der Waals surface area (Å²) in [5.74, 6) is 1.01. The van der Waals surface area contributed by atoms with E-state index in [0.717, 1.165) is 13.1 Å². The van der Waals surface area contributed by atoms with Gasteiger partial charge in [-0.25, -0.2) is 4.79 Å². The zero-order valence-electron chi connectivity index (χ0n) is 21.5. The third kappa shape index (κ3) is 6.84. The van der Waals surface area contributed by atoms with Gasteiger partial charge in [-0.15, -0.1) is 0 Å². The number of nitrogens with zero attached hydrogens (tertiary/aromatic N) is 2. The zero-order chi connectivity index (χ0) is 26.8. The van der Waals surface area contributed by atoms with Gasteiger partial charge in [0.1, 0.15) is 28.6 Å². The summed E-state index contributed by atoms with van der Waals surface area (Å²) in [5.41, 5.74) is 1.84. The molecule has 1 saturated heterocycles. The highest BCUT2D eigenvalue weighted by molar-refractivity contribution is 5.97. The fourth-order valence-corrected chi connectivity index (χ4v) is 3.94. The molecule has 0 spiro atoms. The number of amides is 1. The number of ether oxygens (including phenoxy) is 4. The monoisotopic (exact) mass is 508 g/mol. The summed E-state index contributed by atoms with van der Waals surface area (Å²) in [7, 11) is 6.07. The van der Waals surface area contributed by atoms with E-state index in [1.165, 1.54) is 26.0 Å². The molecule has 9 nitrogen and oxygen atoms in total. The molecule has 37 heavy (non-hydrogen) atoms. The predicted octanol–water partition coefficient (Wildman–Crippen LogP) is 4.07. The number of methoxy groups -OCH3 is 4. The number of carbonyl (C=O) groups excluding carboxylic acids is 1. The smallest absolute Gasteiger partial charge is 0.339 e. The first kappa shape index (κ1) is 27.2. The van der Waals surface area contributed by atoms with Gasteiger partial charge in [-0.1, -0.05) is 18.2 Å². The number of benzene rings is 3. The largest absolute Gasteiger partial charge is 0.497 e. The van der Waals surface area contributed by atoms with E-state index in [0.29, 0.717) is 41.7 Å². The molecule has 0 aromatic heterocycles. The Labute approximate surface area is 216 Å². The maximum Gasteiger partial charge on any atom is 0.339 e. The molecule has 1 aliphatic heterocycles. The minimum atomic E-state index is -1.03. The summed E-state index contributed by atoms with van der Waals surface area (Å²) in [5, 5.41) is 8.78. The van der Waals surface area contributed by atoms with E-state index < -0.39 is 5.97 Å². The van der Waals surface area contributed by atoms with Crippen molar-refractivity contribution in [3.8, 4) is 23.0 Å². The second-order valence-corrected chi connectivity index (χ2v) is 8.05. The lowest BCUT2D eigenvalue weighted by atomic mass is 10.1. The van der Waals surface area contributed by atoms with Gasteiger partial charge in [-0.3, -0.25) is 4.79 Å². The third-order valence-corrected chi connectivity index (χ3v) is 5.96. The second kappa shape index (κ2) is 13.1. The van der Waals surface area contributed by atoms with Crippen molar-refractivity contribution in [2.75, 3.05) is 59.5 Å². The number of piperazine rings is 1. The molecule has 4 rings (SSSR count). The Morgan fingerprint density at radius 2 is 1.19 bits per heavy atom. The highest BCUT2D eigenvalue weighted by Gasteiger charge is 2.25. The number of carboxylic acid groups (broad SMARTS) is 1. The van der Waals surface area contributed by atoms with E-state index in [9.17, 15) is 9.59 Å². The first-order valence-electron chi connectivity index (χ1n) is 11.7. The molecule has 1 N–H and O–H groups in total. The molecule has 0 aliphatic carbocycles. The maximum atomic E-state index is 12.9. The Morgan fingerprint density at radius 1 is 0.676 bits per heavy atom. The first-order chi connectivity index (χ1) is 17.9. The van der Waals surface area contributed by atoms with E-state index in [-0.39, 0.29) is 11.5 Å². The van der Waals surface area contributed by atoms with Crippen molar-refractivity contribution in [3.05, 3.63) is 77.9 Å². The number of carboxylic acids is 1. The number of rotatable bonds is 7. The lowest BCUT2D eigenvalue weighted by Crippen LogP contribution is -2.48. The zero-order valence-corrected chi connectivity index (χ0v) is 21.5. The number of hydrogen-bond donors (Lipinski definition) is 1. The summed E-state index contributed by atoms with van der Waals surface area (Å²) < 4.78 is 20.3. The molecule has 0 atom stereocenters. The summed E-state index contributed by atoms with van der Waals surface area (Å²) in [6.45, 7) is 3.02. The fraction of sp³-hybridized carbons (Fsp3) is 0.286. The van der Waals surface area contributed by atoms with Gasteiger partial charge in [-0.2, -0.15) is 0 Å². The van der Waals surface area contributed by atoms with E-state index >= 15 is 0 Å². The van der Waals surface area contributed by atoms with Gasteiger partial charge in [0.2, 0.25) is 0 Å². The van der Waals surface area contributed by atoms with Crippen LogP contribution < -0.4 is 23.8 Å². The molecule has 196 valence electrons. The molecule has 3 aromatic carbocycles. The van der Waals surface area contributed by atoms with Crippen LogP contribution in [0.15, 0.2) is 66.7 Å². The molecular weight excluding hydrogens is 476 g/mol. The highest BCUT2D eigenvalue weighted by atomic mass is 16.5. The Kier molecular flexibility index (Phi) is 9.60. The van der Waals surface area contributed by atoms with Gasteiger partial charge in [0.25, 0.3) is 5.91 Å². The molecule has 1 aliphatic rings. The van der Waals surface area contributed by atoms with Gasteiger partial charge in [0.05, 0.1) is 34.0 Å². The summed E-state index contributed by atoms with van der Waals surface area (Å²) in [4.78, 5) is 27.7.